The van der Waals surface area contributed by atoms with Gasteiger partial charge in [0.15, 0.2) is 0 Å². The van der Waals surface area contributed by atoms with Gasteiger partial charge in [0.2, 0.25) is 5.91 Å². The molecule has 1 aliphatic carbocycles. The zero-order valence-electron chi connectivity index (χ0n) is 6.59. The Kier molecular flexibility index (Phi) is 1.41. The Morgan fingerprint density at radius 1 is 1.55 bits per heavy atom. The molecule has 0 aromatic carbocycles. The van der Waals surface area contributed by atoms with Gasteiger partial charge in [-0.2, -0.15) is 0 Å². The average molecular weight is 157 g/mol. The first-order chi connectivity index (χ1) is 5.18. The predicted octanol–water partition coefficient (Wildman–Crippen LogP) is 0.823. The van der Waals surface area contributed by atoms with Gasteiger partial charge < -0.3 is 4.90 Å². The summed E-state index contributed by atoms with van der Waals surface area (Å²) in [7, 11) is 0. The average Bonchev–Trinajstić information content (AvgIpc) is 2.58. The highest BCUT2D eigenvalue weighted by molar-refractivity contribution is 5.82. The number of amides is 1. The quantitative estimate of drug-likeness (QED) is 0.552. The minimum Gasteiger partial charge on any atom is -0.336 e. The van der Waals surface area contributed by atoms with Crippen LogP contribution < -0.4 is 0 Å². The number of halogens is 1. The molecule has 2 aliphatic rings. The summed E-state index contributed by atoms with van der Waals surface area (Å²) in [6.07, 6.45) is 0.250. The fourth-order valence-corrected chi connectivity index (χ4v) is 1.51. The normalized spacial score (nSPS) is 36.7. The first kappa shape index (κ1) is 7.07. The van der Waals surface area contributed by atoms with Crippen LogP contribution in [0.15, 0.2) is 0 Å². The molecule has 0 unspecified atom stereocenters. The second kappa shape index (κ2) is 2.19. The van der Waals surface area contributed by atoms with Gasteiger partial charge in [-0.05, 0) is 12.3 Å². The smallest absolute Gasteiger partial charge is 0.226 e. The number of likely N-dealkylation sites (tertiary alicyclic amines) is 1. The van der Waals surface area contributed by atoms with Gasteiger partial charge in [0.05, 0.1) is 13.1 Å². The SMILES string of the molecule is C[C@H]1C[C@@H]1C(=O)N1CC(F)C1. The third-order valence-corrected chi connectivity index (χ3v) is 2.58. The van der Waals surface area contributed by atoms with E-state index in [1.165, 1.54) is 0 Å². The molecule has 1 amide bonds. The zero-order valence-corrected chi connectivity index (χ0v) is 6.59. The lowest BCUT2D eigenvalue weighted by atomic mass is 10.1. The highest BCUT2D eigenvalue weighted by Gasteiger charge is 2.44. The summed E-state index contributed by atoms with van der Waals surface area (Å²) in [5.74, 6) is 0.940. The first-order valence-electron chi connectivity index (χ1n) is 4.11. The van der Waals surface area contributed by atoms with Gasteiger partial charge in [-0.15, -0.1) is 0 Å². The molecule has 1 saturated heterocycles. The minimum atomic E-state index is -0.756. The second-order valence-electron chi connectivity index (χ2n) is 3.66. The molecule has 2 rings (SSSR count). The molecule has 2 nitrogen and oxygen atoms in total. The van der Waals surface area contributed by atoms with Crippen molar-refractivity contribution >= 4 is 5.91 Å². The maximum absolute atomic E-state index is 12.3. The maximum Gasteiger partial charge on any atom is 0.226 e. The van der Waals surface area contributed by atoms with Crippen molar-refractivity contribution in [3.05, 3.63) is 0 Å². The van der Waals surface area contributed by atoms with E-state index in [0.717, 1.165) is 6.42 Å². The molecule has 2 fully saturated rings. The van der Waals surface area contributed by atoms with Crippen LogP contribution in [0.1, 0.15) is 13.3 Å². The fourth-order valence-electron chi connectivity index (χ4n) is 1.51. The molecule has 11 heavy (non-hydrogen) atoms. The summed E-state index contributed by atoms with van der Waals surface area (Å²) in [5.41, 5.74) is 0. The lowest BCUT2D eigenvalue weighted by Gasteiger charge is -2.34. The van der Waals surface area contributed by atoms with Crippen LogP contribution in [0, 0.1) is 11.8 Å². The van der Waals surface area contributed by atoms with E-state index in [2.05, 4.69) is 6.92 Å². The van der Waals surface area contributed by atoms with E-state index in [4.69, 9.17) is 0 Å². The van der Waals surface area contributed by atoms with Crippen molar-refractivity contribution in [3.8, 4) is 0 Å². The Bertz CT molecular complexity index is 189. The third-order valence-electron chi connectivity index (χ3n) is 2.58. The summed E-state index contributed by atoms with van der Waals surface area (Å²) in [6, 6.07) is 0. The standard InChI is InChI=1S/C8H12FNO/c1-5-2-7(5)8(11)10-3-6(9)4-10/h5-7H,2-4H2,1H3/t5-,7-/m0/s1. The van der Waals surface area contributed by atoms with E-state index in [1.807, 2.05) is 0 Å². The summed E-state index contributed by atoms with van der Waals surface area (Å²) in [5, 5.41) is 0. The van der Waals surface area contributed by atoms with Gasteiger partial charge in [-0.25, -0.2) is 4.39 Å². The molecule has 0 radical (unpaired) electrons. The summed E-state index contributed by atoms with van der Waals surface area (Å²) >= 11 is 0. The van der Waals surface area contributed by atoms with Gasteiger partial charge in [0, 0.05) is 5.92 Å². The van der Waals surface area contributed by atoms with Crippen LogP contribution in [0.3, 0.4) is 0 Å². The summed E-state index contributed by atoms with van der Waals surface area (Å²) in [6.45, 7) is 2.74. The molecule has 0 aromatic rings. The number of nitrogens with zero attached hydrogens (tertiary/aromatic N) is 1. The molecule has 2 atom stereocenters. The van der Waals surface area contributed by atoms with Crippen molar-refractivity contribution in [1.29, 1.82) is 0 Å². The van der Waals surface area contributed by atoms with Gasteiger partial charge >= 0.3 is 0 Å². The number of carbonyl (C=O) groups excluding carboxylic acids is 1. The van der Waals surface area contributed by atoms with Crippen molar-refractivity contribution in [2.75, 3.05) is 13.1 Å². The molecule has 0 bridgehead atoms. The molecular weight excluding hydrogens is 145 g/mol. The molecule has 0 N–H and O–H groups in total. The lowest BCUT2D eigenvalue weighted by Crippen LogP contribution is -2.52. The number of alkyl halides is 1. The van der Waals surface area contributed by atoms with Crippen LogP contribution in [0.5, 0.6) is 0 Å². The highest BCUT2D eigenvalue weighted by Crippen LogP contribution is 2.40. The van der Waals surface area contributed by atoms with Crippen LogP contribution in [-0.4, -0.2) is 30.1 Å². The molecule has 1 saturated carbocycles. The molecule has 1 heterocycles. The van der Waals surface area contributed by atoms with Gasteiger partial charge in [0.1, 0.15) is 6.17 Å². The second-order valence-corrected chi connectivity index (χ2v) is 3.66. The van der Waals surface area contributed by atoms with Gasteiger partial charge in [-0.3, -0.25) is 4.79 Å². The van der Waals surface area contributed by atoms with Gasteiger partial charge in [0.25, 0.3) is 0 Å². The molecule has 0 aromatic heterocycles. The monoisotopic (exact) mass is 157 g/mol. The number of rotatable bonds is 1. The predicted molar refractivity (Wildman–Crippen MR) is 38.7 cm³/mol. The number of hydrogen-bond acceptors (Lipinski definition) is 1. The van der Waals surface area contributed by atoms with E-state index >= 15 is 0 Å². The Morgan fingerprint density at radius 3 is 2.45 bits per heavy atom. The largest absolute Gasteiger partial charge is 0.336 e. The molecule has 3 heteroatoms. The first-order valence-corrected chi connectivity index (χ1v) is 4.11. The molecular formula is C8H12FNO. The third kappa shape index (κ3) is 1.12. The summed E-state index contributed by atoms with van der Waals surface area (Å²) in [4.78, 5) is 12.9. The van der Waals surface area contributed by atoms with E-state index in [-0.39, 0.29) is 11.8 Å². The van der Waals surface area contributed by atoms with Crippen LogP contribution in [-0.2, 0) is 4.79 Å². The fraction of sp³-hybridized carbons (Fsp3) is 0.875. The number of hydrogen-bond donors (Lipinski definition) is 0. The van der Waals surface area contributed by atoms with E-state index < -0.39 is 6.17 Å². The number of carbonyl (C=O) groups is 1. The van der Waals surface area contributed by atoms with Crippen molar-refractivity contribution in [3.63, 3.8) is 0 Å². The minimum absolute atomic E-state index is 0.173. The lowest BCUT2D eigenvalue weighted by molar-refractivity contribution is -0.139. The maximum atomic E-state index is 12.3. The van der Waals surface area contributed by atoms with E-state index in [1.54, 1.807) is 4.90 Å². The van der Waals surface area contributed by atoms with Crippen molar-refractivity contribution < 1.29 is 9.18 Å². The van der Waals surface area contributed by atoms with Crippen LogP contribution in [0.4, 0.5) is 4.39 Å². The molecule has 0 spiro atoms. The van der Waals surface area contributed by atoms with Crippen molar-refractivity contribution in [2.24, 2.45) is 11.8 Å². The van der Waals surface area contributed by atoms with Crippen LogP contribution >= 0.6 is 0 Å². The van der Waals surface area contributed by atoms with Crippen molar-refractivity contribution in [1.82, 2.24) is 4.90 Å². The van der Waals surface area contributed by atoms with Crippen molar-refractivity contribution in [2.45, 2.75) is 19.5 Å². The molecule has 1 aliphatic heterocycles. The van der Waals surface area contributed by atoms with Crippen LogP contribution in [0.25, 0.3) is 0 Å². The zero-order chi connectivity index (χ0) is 8.01. The Labute approximate surface area is 65.4 Å². The summed E-state index contributed by atoms with van der Waals surface area (Å²) < 4.78 is 12.3. The Balaban J connectivity index is 1.83. The van der Waals surface area contributed by atoms with Gasteiger partial charge in [-0.1, -0.05) is 6.92 Å². The topological polar surface area (TPSA) is 20.3 Å². The highest BCUT2D eigenvalue weighted by atomic mass is 19.1. The van der Waals surface area contributed by atoms with E-state index in [0.29, 0.717) is 19.0 Å². The Hall–Kier alpha value is -0.600. The van der Waals surface area contributed by atoms with E-state index in [9.17, 15) is 9.18 Å². The molecule has 62 valence electrons. The van der Waals surface area contributed by atoms with Crippen LogP contribution in [0.2, 0.25) is 0 Å². The Morgan fingerprint density at radius 2 is 2.09 bits per heavy atom.